The number of benzene rings is 1. The molecular weight excluding hydrogens is 284 g/mol. The monoisotopic (exact) mass is 310 g/mol. The lowest BCUT2D eigenvalue weighted by Crippen LogP contribution is -2.41. The molecule has 1 saturated heterocycles. The Hall–Kier alpha value is -1.07. The van der Waals surface area contributed by atoms with Crippen molar-refractivity contribution in [3.63, 3.8) is 0 Å². The molecule has 4 nitrogen and oxygen atoms in total. The molecule has 0 atom stereocenters. The number of rotatable bonds is 2. The highest BCUT2D eigenvalue weighted by Crippen LogP contribution is 2.36. The van der Waals surface area contributed by atoms with Gasteiger partial charge in [0.1, 0.15) is 0 Å². The fourth-order valence-electron chi connectivity index (χ4n) is 3.06. The van der Waals surface area contributed by atoms with Gasteiger partial charge in [-0.2, -0.15) is 4.31 Å². The predicted molar refractivity (Wildman–Crippen MR) is 86.5 cm³/mol. The summed E-state index contributed by atoms with van der Waals surface area (Å²) < 4.78 is 27.1. The van der Waals surface area contributed by atoms with Crippen LogP contribution in [0, 0.1) is 18.3 Å². The summed E-state index contributed by atoms with van der Waals surface area (Å²) in [6.07, 6.45) is 1.85. The van der Waals surface area contributed by atoms with Gasteiger partial charge in [-0.15, -0.1) is 0 Å². The van der Waals surface area contributed by atoms with Gasteiger partial charge in [0.2, 0.25) is 10.0 Å². The van der Waals surface area contributed by atoms with Crippen LogP contribution in [0.2, 0.25) is 0 Å². The van der Waals surface area contributed by atoms with Crippen LogP contribution >= 0.6 is 0 Å². The Labute approximate surface area is 128 Å². The normalized spacial score (nSPS) is 18.9. The molecule has 0 bridgehead atoms. The van der Waals surface area contributed by atoms with E-state index in [9.17, 15) is 8.42 Å². The molecule has 1 heterocycles. The Morgan fingerprint density at radius 1 is 1.19 bits per heavy atom. The summed E-state index contributed by atoms with van der Waals surface area (Å²) in [6, 6.07) is 4.99. The molecule has 0 spiro atoms. The highest BCUT2D eigenvalue weighted by Gasteiger charge is 2.34. The number of hydrogen-bond acceptors (Lipinski definition) is 3. The zero-order valence-electron chi connectivity index (χ0n) is 13.4. The Kier molecular flexibility index (Phi) is 4.36. The van der Waals surface area contributed by atoms with E-state index in [2.05, 4.69) is 20.8 Å². The first-order chi connectivity index (χ1) is 9.62. The molecule has 2 rings (SSSR count). The minimum Gasteiger partial charge on any atom is -0.399 e. The van der Waals surface area contributed by atoms with E-state index in [0.717, 1.165) is 12.8 Å². The number of nitrogens with two attached hydrogens (primary N) is 1. The minimum absolute atomic E-state index is 0.243. The van der Waals surface area contributed by atoms with E-state index < -0.39 is 10.0 Å². The summed E-state index contributed by atoms with van der Waals surface area (Å²) in [5.41, 5.74) is 7.26. The van der Waals surface area contributed by atoms with Crippen molar-refractivity contribution in [3.8, 4) is 0 Å². The average Bonchev–Trinajstić information content (AvgIpc) is 2.37. The van der Waals surface area contributed by atoms with Gasteiger partial charge in [-0.25, -0.2) is 8.42 Å². The zero-order chi connectivity index (χ0) is 15.8. The van der Waals surface area contributed by atoms with E-state index in [1.165, 1.54) is 0 Å². The van der Waals surface area contributed by atoms with Gasteiger partial charge in [-0.1, -0.05) is 20.8 Å². The van der Waals surface area contributed by atoms with Crippen molar-refractivity contribution in [2.24, 2.45) is 11.3 Å². The lowest BCUT2D eigenvalue weighted by molar-refractivity contribution is 0.154. The largest absolute Gasteiger partial charge is 0.399 e. The summed E-state index contributed by atoms with van der Waals surface area (Å²) in [6.45, 7) is 9.69. The zero-order valence-corrected chi connectivity index (χ0v) is 14.2. The van der Waals surface area contributed by atoms with E-state index in [1.807, 2.05) is 0 Å². The molecule has 118 valence electrons. The SMILES string of the molecule is Cc1cc(N)ccc1S(=O)(=O)N1CCC(C(C)(C)C)CC1. The van der Waals surface area contributed by atoms with Gasteiger partial charge in [0.15, 0.2) is 0 Å². The molecule has 1 aliphatic rings. The molecule has 0 aliphatic carbocycles. The van der Waals surface area contributed by atoms with Crippen molar-refractivity contribution >= 4 is 15.7 Å². The molecule has 1 aliphatic heterocycles. The summed E-state index contributed by atoms with van der Waals surface area (Å²) in [5.74, 6) is 0.580. The third kappa shape index (κ3) is 3.40. The first-order valence-electron chi connectivity index (χ1n) is 7.48. The molecule has 0 amide bonds. The van der Waals surface area contributed by atoms with Gasteiger partial charge in [0, 0.05) is 18.8 Å². The van der Waals surface area contributed by atoms with Crippen LogP contribution in [0.3, 0.4) is 0 Å². The lowest BCUT2D eigenvalue weighted by atomic mass is 9.76. The van der Waals surface area contributed by atoms with Crippen molar-refractivity contribution < 1.29 is 8.42 Å². The van der Waals surface area contributed by atoms with Crippen LogP contribution in [0.4, 0.5) is 5.69 Å². The number of anilines is 1. The summed E-state index contributed by atoms with van der Waals surface area (Å²) in [7, 11) is -3.40. The third-order valence-electron chi connectivity index (χ3n) is 4.50. The second-order valence-electron chi connectivity index (χ2n) is 7.07. The van der Waals surface area contributed by atoms with Crippen molar-refractivity contribution in [2.45, 2.75) is 45.4 Å². The molecule has 0 unspecified atom stereocenters. The van der Waals surface area contributed by atoms with Crippen LogP contribution in [0.1, 0.15) is 39.2 Å². The maximum absolute atomic E-state index is 12.8. The Bertz CT molecular complexity index is 610. The topological polar surface area (TPSA) is 63.4 Å². The molecular formula is C16H26N2O2S. The van der Waals surface area contributed by atoms with Gasteiger partial charge < -0.3 is 5.73 Å². The molecule has 0 aromatic heterocycles. The van der Waals surface area contributed by atoms with E-state index in [-0.39, 0.29) is 5.41 Å². The van der Waals surface area contributed by atoms with Crippen LogP contribution in [-0.2, 0) is 10.0 Å². The van der Waals surface area contributed by atoms with Crippen LogP contribution in [-0.4, -0.2) is 25.8 Å². The number of sulfonamides is 1. The molecule has 2 N–H and O–H groups in total. The second-order valence-corrected chi connectivity index (χ2v) is 8.98. The molecule has 1 fully saturated rings. The molecule has 1 aromatic carbocycles. The minimum atomic E-state index is -3.40. The fraction of sp³-hybridized carbons (Fsp3) is 0.625. The van der Waals surface area contributed by atoms with Crippen LogP contribution in [0.15, 0.2) is 23.1 Å². The Morgan fingerprint density at radius 2 is 1.76 bits per heavy atom. The number of hydrogen-bond donors (Lipinski definition) is 1. The average molecular weight is 310 g/mol. The van der Waals surface area contributed by atoms with Crippen molar-refractivity contribution in [1.29, 1.82) is 0 Å². The van der Waals surface area contributed by atoms with Gasteiger partial charge in [-0.3, -0.25) is 0 Å². The Morgan fingerprint density at radius 3 is 2.24 bits per heavy atom. The van der Waals surface area contributed by atoms with E-state index >= 15 is 0 Å². The van der Waals surface area contributed by atoms with Crippen molar-refractivity contribution in [3.05, 3.63) is 23.8 Å². The number of nitrogens with zero attached hydrogens (tertiary/aromatic N) is 1. The number of nitrogen functional groups attached to an aromatic ring is 1. The highest BCUT2D eigenvalue weighted by molar-refractivity contribution is 7.89. The van der Waals surface area contributed by atoms with Crippen molar-refractivity contribution in [1.82, 2.24) is 4.31 Å². The fourth-order valence-corrected chi connectivity index (χ4v) is 4.74. The van der Waals surface area contributed by atoms with Crippen LogP contribution in [0.25, 0.3) is 0 Å². The van der Waals surface area contributed by atoms with E-state index in [1.54, 1.807) is 29.4 Å². The maximum atomic E-state index is 12.8. The number of piperidine rings is 1. The standard InChI is InChI=1S/C16H26N2O2S/c1-12-11-14(17)5-6-15(12)21(19,20)18-9-7-13(8-10-18)16(2,3)4/h5-6,11,13H,7-10,17H2,1-4H3. The molecule has 0 radical (unpaired) electrons. The molecule has 1 aromatic rings. The first-order valence-corrected chi connectivity index (χ1v) is 8.92. The van der Waals surface area contributed by atoms with Crippen molar-refractivity contribution in [2.75, 3.05) is 18.8 Å². The van der Waals surface area contributed by atoms with Gasteiger partial charge in [0.05, 0.1) is 4.90 Å². The van der Waals surface area contributed by atoms with Gasteiger partial charge >= 0.3 is 0 Å². The summed E-state index contributed by atoms with van der Waals surface area (Å²) in [4.78, 5) is 0.380. The first kappa shape index (κ1) is 16.3. The predicted octanol–water partition coefficient (Wildman–Crippen LogP) is 3.02. The lowest BCUT2D eigenvalue weighted by Gasteiger charge is -2.38. The maximum Gasteiger partial charge on any atom is 0.243 e. The smallest absolute Gasteiger partial charge is 0.243 e. The second kappa shape index (κ2) is 5.61. The van der Waals surface area contributed by atoms with E-state index in [4.69, 9.17) is 5.73 Å². The van der Waals surface area contributed by atoms with Gasteiger partial charge in [0.25, 0.3) is 0 Å². The Balaban J connectivity index is 2.19. The highest BCUT2D eigenvalue weighted by atomic mass is 32.2. The number of aryl methyl sites for hydroxylation is 1. The molecule has 0 saturated carbocycles. The summed E-state index contributed by atoms with van der Waals surface area (Å²) >= 11 is 0. The quantitative estimate of drug-likeness (QED) is 0.854. The third-order valence-corrected chi connectivity index (χ3v) is 6.55. The van der Waals surface area contributed by atoms with E-state index in [0.29, 0.717) is 35.2 Å². The van der Waals surface area contributed by atoms with Crippen LogP contribution in [0.5, 0.6) is 0 Å². The van der Waals surface area contributed by atoms with Crippen LogP contribution < -0.4 is 5.73 Å². The summed E-state index contributed by atoms with van der Waals surface area (Å²) in [5, 5.41) is 0. The molecule has 21 heavy (non-hydrogen) atoms. The van der Waals surface area contributed by atoms with Gasteiger partial charge in [-0.05, 0) is 54.9 Å². The molecule has 5 heteroatoms.